The highest BCUT2D eigenvalue weighted by Gasteiger charge is 2.23. The van der Waals surface area contributed by atoms with Crippen molar-refractivity contribution in [1.82, 2.24) is 24.9 Å². The fourth-order valence-electron chi connectivity index (χ4n) is 3.83. The van der Waals surface area contributed by atoms with Crippen molar-refractivity contribution in [2.24, 2.45) is 5.92 Å². The molecular formula is C20H28N6O2. The number of aryl methyl sites for hydroxylation is 1. The third-order valence-corrected chi connectivity index (χ3v) is 5.70. The van der Waals surface area contributed by atoms with E-state index in [1.165, 1.54) is 0 Å². The molecule has 2 saturated heterocycles. The molecule has 4 heterocycles. The fourth-order valence-corrected chi connectivity index (χ4v) is 3.83. The van der Waals surface area contributed by atoms with Gasteiger partial charge in [0.1, 0.15) is 5.82 Å². The molecule has 0 aliphatic carbocycles. The van der Waals surface area contributed by atoms with Gasteiger partial charge in [0.05, 0.1) is 12.1 Å². The Labute approximate surface area is 165 Å². The van der Waals surface area contributed by atoms with Crippen LogP contribution in [0.4, 0.5) is 5.82 Å². The van der Waals surface area contributed by atoms with Gasteiger partial charge in [0.15, 0.2) is 5.82 Å². The Balaban J connectivity index is 1.30. The number of nitrogens with zero attached hydrogens (tertiary/aromatic N) is 6. The molecule has 4 rings (SSSR count). The number of likely N-dealkylation sites (tertiary alicyclic amines) is 1. The average Bonchev–Trinajstić information content (AvgIpc) is 3.13. The van der Waals surface area contributed by atoms with Gasteiger partial charge in [-0.15, -0.1) is 0 Å². The van der Waals surface area contributed by atoms with Crippen molar-refractivity contribution < 1.29 is 9.32 Å². The van der Waals surface area contributed by atoms with E-state index in [0.717, 1.165) is 63.8 Å². The first kappa shape index (κ1) is 18.9. The number of rotatable bonds is 4. The second-order valence-corrected chi connectivity index (χ2v) is 7.87. The summed E-state index contributed by atoms with van der Waals surface area (Å²) in [5.74, 6) is 3.09. The Bertz CT molecular complexity index is 789. The summed E-state index contributed by atoms with van der Waals surface area (Å²) >= 11 is 0. The van der Waals surface area contributed by atoms with Crippen LogP contribution in [0.1, 0.15) is 41.8 Å². The van der Waals surface area contributed by atoms with Crippen LogP contribution in [0.5, 0.6) is 0 Å². The van der Waals surface area contributed by atoms with E-state index in [2.05, 4.69) is 31.8 Å². The molecule has 2 fully saturated rings. The summed E-state index contributed by atoms with van der Waals surface area (Å²) in [5.41, 5.74) is 0.685. The van der Waals surface area contributed by atoms with Crippen LogP contribution in [0.15, 0.2) is 22.9 Å². The summed E-state index contributed by atoms with van der Waals surface area (Å²) < 4.78 is 5.04. The summed E-state index contributed by atoms with van der Waals surface area (Å²) in [5, 5.41) is 3.97. The maximum atomic E-state index is 12.7. The zero-order chi connectivity index (χ0) is 19.5. The number of aromatic nitrogens is 3. The second-order valence-electron chi connectivity index (χ2n) is 7.87. The van der Waals surface area contributed by atoms with Crippen LogP contribution >= 0.6 is 0 Å². The Morgan fingerprint density at radius 1 is 1.14 bits per heavy atom. The predicted octanol–water partition coefficient (Wildman–Crippen LogP) is 1.97. The molecule has 28 heavy (non-hydrogen) atoms. The van der Waals surface area contributed by atoms with Gasteiger partial charge in [-0.25, -0.2) is 4.98 Å². The maximum absolute atomic E-state index is 12.7. The van der Waals surface area contributed by atoms with Gasteiger partial charge in [-0.3, -0.25) is 9.69 Å². The maximum Gasteiger partial charge on any atom is 0.255 e. The fraction of sp³-hybridized carbons (Fsp3) is 0.600. The number of amides is 1. The largest absolute Gasteiger partial charge is 0.354 e. The van der Waals surface area contributed by atoms with Gasteiger partial charge >= 0.3 is 0 Å². The third-order valence-electron chi connectivity index (χ3n) is 5.70. The van der Waals surface area contributed by atoms with Gasteiger partial charge in [-0.2, -0.15) is 4.98 Å². The first-order valence-corrected chi connectivity index (χ1v) is 10.1. The van der Waals surface area contributed by atoms with Crippen LogP contribution in [-0.2, 0) is 6.54 Å². The number of hydrogen-bond donors (Lipinski definition) is 0. The Morgan fingerprint density at radius 2 is 1.89 bits per heavy atom. The number of carbonyl (C=O) groups is 1. The number of pyridine rings is 1. The van der Waals surface area contributed by atoms with E-state index in [1.54, 1.807) is 13.1 Å². The van der Waals surface area contributed by atoms with E-state index in [4.69, 9.17) is 4.52 Å². The highest BCUT2D eigenvalue weighted by atomic mass is 16.5. The van der Waals surface area contributed by atoms with E-state index in [1.807, 2.05) is 17.0 Å². The number of hydrogen-bond acceptors (Lipinski definition) is 7. The van der Waals surface area contributed by atoms with Gasteiger partial charge in [0, 0.05) is 52.4 Å². The molecule has 0 bridgehead atoms. The second kappa shape index (κ2) is 8.26. The molecule has 0 spiro atoms. The Hall–Kier alpha value is -2.48. The van der Waals surface area contributed by atoms with Crippen LogP contribution < -0.4 is 4.90 Å². The van der Waals surface area contributed by atoms with Gasteiger partial charge < -0.3 is 14.3 Å². The van der Waals surface area contributed by atoms with Gasteiger partial charge in [-0.1, -0.05) is 12.1 Å². The Kier molecular flexibility index (Phi) is 5.57. The highest BCUT2D eigenvalue weighted by Crippen LogP contribution is 2.20. The highest BCUT2D eigenvalue weighted by molar-refractivity contribution is 5.94. The smallest absolute Gasteiger partial charge is 0.255 e. The van der Waals surface area contributed by atoms with E-state index in [-0.39, 0.29) is 5.91 Å². The lowest BCUT2D eigenvalue weighted by atomic mass is 9.99. The number of carbonyl (C=O) groups excluding carboxylic acids is 1. The van der Waals surface area contributed by atoms with Gasteiger partial charge in [-0.05, 0) is 30.9 Å². The van der Waals surface area contributed by atoms with E-state index in [9.17, 15) is 4.79 Å². The lowest BCUT2D eigenvalue weighted by Crippen LogP contribution is -2.46. The summed E-state index contributed by atoms with van der Waals surface area (Å²) in [4.78, 5) is 28.0. The minimum absolute atomic E-state index is 0.103. The van der Waals surface area contributed by atoms with Crippen molar-refractivity contribution in [2.45, 2.75) is 33.2 Å². The van der Waals surface area contributed by atoms with Gasteiger partial charge in [0.2, 0.25) is 5.89 Å². The monoisotopic (exact) mass is 384 g/mol. The lowest BCUT2D eigenvalue weighted by molar-refractivity contribution is 0.0697. The third kappa shape index (κ3) is 4.32. The quantitative estimate of drug-likeness (QED) is 0.797. The molecule has 0 saturated carbocycles. The SMILES string of the molecule is Cc1nc(CN2CCN(c3ccc(C(=O)N4CCC(C)CC4)cn3)CC2)no1. The molecule has 0 unspecified atom stereocenters. The number of piperidine rings is 1. The minimum atomic E-state index is 0.103. The molecule has 8 nitrogen and oxygen atoms in total. The summed E-state index contributed by atoms with van der Waals surface area (Å²) in [7, 11) is 0. The van der Waals surface area contributed by atoms with Crippen molar-refractivity contribution in [3.63, 3.8) is 0 Å². The van der Waals surface area contributed by atoms with E-state index < -0.39 is 0 Å². The summed E-state index contributed by atoms with van der Waals surface area (Å²) in [6.45, 7) is 10.1. The molecule has 2 aliphatic rings. The standard InChI is InChI=1S/C20H28N6O2/c1-15-5-7-26(8-6-15)20(27)17-3-4-19(21-13-17)25-11-9-24(10-12-25)14-18-22-16(2)28-23-18/h3-4,13,15H,5-12,14H2,1-2H3. The van der Waals surface area contributed by atoms with Crippen molar-refractivity contribution in [1.29, 1.82) is 0 Å². The molecule has 1 amide bonds. The molecule has 0 radical (unpaired) electrons. The van der Waals surface area contributed by atoms with Crippen molar-refractivity contribution in [3.05, 3.63) is 35.6 Å². The van der Waals surface area contributed by atoms with Crippen LogP contribution in [0.25, 0.3) is 0 Å². The van der Waals surface area contributed by atoms with Crippen LogP contribution in [0, 0.1) is 12.8 Å². The molecule has 0 atom stereocenters. The van der Waals surface area contributed by atoms with Crippen LogP contribution in [0.3, 0.4) is 0 Å². The molecule has 8 heteroatoms. The summed E-state index contributed by atoms with van der Waals surface area (Å²) in [6.07, 6.45) is 3.90. The van der Waals surface area contributed by atoms with E-state index in [0.29, 0.717) is 23.9 Å². The molecule has 150 valence electrons. The number of anilines is 1. The number of piperazine rings is 1. The van der Waals surface area contributed by atoms with Crippen molar-refractivity contribution in [3.8, 4) is 0 Å². The molecule has 0 N–H and O–H groups in total. The van der Waals surface area contributed by atoms with Crippen molar-refractivity contribution in [2.75, 3.05) is 44.2 Å². The van der Waals surface area contributed by atoms with Crippen LogP contribution in [-0.4, -0.2) is 70.1 Å². The minimum Gasteiger partial charge on any atom is -0.354 e. The predicted molar refractivity (Wildman–Crippen MR) is 105 cm³/mol. The Morgan fingerprint density at radius 3 is 2.50 bits per heavy atom. The van der Waals surface area contributed by atoms with Crippen LogP contribution in [0.2, 0.25) is 0 Å². The topological polar surface area (TPSA) is 78.6 Å². The lowest BCUT2D eigenvalue weighted by Gasteiger charge is -2.35. The zero-order valence-corrected chi connectivity index (χ0v) is 16.7. The molecule has 0 aromatic carbocycles. The first-order valence-electron chi connectivity index (χ1n) is 10.1. The molecular weight excluding hydrogens is 356 g/mol. The normalized spacial score (nSPS) is 19.2. The first-order chi connectivity index (χ1) is 13.6. The molecule has 2 aliphatic heterocycles. The van der Waals surface area contributed by atoms with E-state index >= 15 is 0 Å². The summed E-state index contributed by atoms with van der Waals surface area (Å²) in [6, 6.07) is 3.88. The molecule has 2 aromatic rings. The zero-order valence-electron chi connectivity index (χ0n) is 16.7. The molecule has 2 aromatic heterocycles. The van der Waals surface area contributed by atoms with Crippen molar-refractivity contribution >= 4 is 11.7 Å². The average molecular weight is 384 g/mol. The van der Waals surface area contributed by atoms with Gasteiger partial charge in [0.25, 0.3) is 5.91 Å².